The van der Waals surface area contributed by atoms with E-state index in [9.17, 15) is 14.4 Å². The van der Waals surface area contributed by atoms with Gasteiger partial charge in [0.15, 0.2) is 0 Å². The summed E-state index contributed by atoms with van der Waals surface area (Å²) in [6, 6.07) is 7.08. The molecule has 0 bridgehead atoms. The van der Waals surface area contributed by atoms with E-state index in [0.717, 1.165) is 12.0 Å². The van der Waals surface area contributed by atoms with Crippen LogP contribution in [0.1, 0.15) is 18.4 Å². The molecule has 2 aliphatic rings. The van der Waals surface area contributed by atoms with Gasteiger partial charge in [-0.25, -0.2) is 0 Å². The summed E-state index contributed by atoms with van der Waals surface area (Å²) in [7, 11) is 0. The van der Waals surface area contributed by atoms with Crippen molar-refractivity contribution in [3.63, 3.8) is 0 Å². The normalized spacial score (nSPS) is 20.3. The molecule has 24 heavy (non-hydrogen) atoms. The highest BCUT2D eigenvalue weighted by Gasteiger charge is 2.42. The Bertz CT molecular complexity index is 647. The Morgan fingerprint density at radius 1 is 1.25 bits per heavy atom. The van der Waals surface area contributed by atoms with Crippen LogP contribution in [-0.2, 0) is 20.8 Å². The van der Waals surface area contributed by atoms with Gasteiger partial charge in [-0.2, -0.15) is 0 Å². The number of nitrogens with zero attached hydrogens (tertiary/aromatic N) is 2. The van der Waals surface area contributed by atoms with E-state index in [1.165, 1.54) is 4.90 Å². The Labute approximate surface area is 145 Å². The number of nitrogens with one attached hydrogen (secondary N) is 1. The lowest BCUT2D eigenvalue weighted by atomic mass is 10.1. The molecule has 2 fully saturated rings. The van der Waals surface area contributed by atoms with Crippen molar-refractivity contribution in [3.05, 3.63) is 34.9 Å². The molecule has 3 amide bonds. The molecule has 2 heterocycles. The molecule has 2 saturated heterocycles. The molecular weight excluding hydrogens is 330 g/mol. The average Bonchev–Trinajstić information content (AvgIpc) is 3.05. The van der Waals surface area contributed by atoms with Crippen LogP contribution in [0, 0.1) is 0 Å². The molecule has 0 radical (unpaired) electrons. The molecule has 0 saturated carbocycles. The number of piperazine rings is 1. The highest BCUT2D eigenvalue weighted by atomic mass is 35.5. The highest BCUT2D eigenvalue weighted by molar-refractivity contribution is 6.30. The van der Waals surface area contributed by atoms with Crippen molar-refractivity contribution >= 4 is 29.3 Å². The number of hydrogen-bond acceptors (Lipinski definition) is 3. The fourth-order valence-corrected chi connectivity index (χ4v) is 3.35. The summed E-state index contributed by atoms with van der Waals surface area (Å²) < 4.78 is 0. The van der Waals surface area contributed by atoms with Crippen LogP contribution in [0.15, 0.2) is 24.3 Å². The summed E-state index contributed by atoms with van der Waals surface area (Å²) in [5.74, 6) is -0.414. The number of halogens is 1. The Morgan fingerprint density at radius 3 is 2.75 bits per heavy atom. The van der Waals surface area contributed by atoms with Gasteiger partial charge in [0.05, 0.1) is 0 Å². The van der Waals surface area contributed by atoms with Crippen LogP contribution in [0.25, 0.3) is 0 Å². The van der Waals surface area contributed by atoms with Gasteiger partial charge in [-0.05, 0) is 37.0 Å². The third kappa shape index (κ3) is 3.70. The molecular formula is C17H20ClN3O3. The summed E-state index contributed by atoms with van der Waals surface area (Å²) in [6.07, 6.45) is 2.23. The first-order chi connectivity index (χ1) is 11.5. The second kappa shape index (κ2) is 7.21. The zero-order chi connectivity index (χ0) is 17.1. The molecule has 6 nitrogen and oxygen atoms in total. The molecule has 0 aliphatic carbocycles. The Kier molecular flexibility index (Phi) is 5.04. The lowest BCUT2D eigenvalue weighted by Crippen LogP contribution is -2.59. The molecule has 3 rings (SSSR count). The zero-order valence-electron chi connectivity index (χ0n) is 13.3. The smallest absolute Gasteiger partial charge is 0.246 e. The lowest BCUT2D eigenvalue weighted by Gasteiger charge is -2.35. The van der Waals surface area contributed by atoms with Gasteiger partial charge >= 0.3 is 0 Å². The van der Waals surface area contributed by atoms with Crippen molar-refractivity contribution < 1.29 is 14.4 Å². The molecule has 2 aliphatic heterocycles. The zero-order valence-corrected chi connectivity index (χ0v) is 14.1. The predicted molar refractivity (Wildman–Crippen MR) is 89.5 cm³/mol. The fraction of sp³-hybridized carbons (Fsp3) is 0.471. The van der Waals surface area contributed by atoms with Crippen LogP contribution in [0.3, 0.4) is 0 Å². The Hall–Kier alpha value is -2.08. The number of amides is 3. The maximum absolute atomic E-state index is 12.4. The summed E-state index contributed by atoms with van der Waals surface area (Å²) in [5.41, 5.74) is 1.07. The lowest BCUT2D eigenvalue weighted by molar-refractivity contribution is -0.154. The standard InChI is InChI=1S/C17H20ClN3O3/c18-13-5-3-12(4-6-13)7-8-19-15(22)10-20-11-16(23)21-9-1-2-14(21)17(20)24/h3-6,14H,1-2,7-11H2,(H,19,22). The van der Waals surface area contributed by atoms with E-state index in [1.807, 2.05) is 24.3 Å². The maximum atomic E-state index is 12.4. The van der Waals surface area contributed by atoms with Crippen LogP contribution < -0.4 is 5.32 Å². The quantitative estimate of drug-likeness (QED) is 0.856. The molecule has 0 spiro atoms. The number of hydrogen-bond donors (Lipinski definition) is 1. The van der Waals surface area contributed by atoms with Crippen molar-refractivity contribution in [1.29, 1.82) is 0 Å². The third-order valence-corrected chi connectivity index (χ3v) is 4.73. The predicted octanol–water partition coefficient (Wildman–Crippen LogP) is 0.832. The van der Waals surface area contributed by atoms with E-state index in [-0.39, 0.29) is 36.9 Å². The first-order valence-corrected chi connectivity index (χ1v) is 8.52. The van der Waals surface area contributed by atoms with Crippen molar-refractivity contribution in [1.82, 2.24) is 15.1 Å². The van der Waals surface area contributed by atoms with Crippen molar-refractivity contribution in [2.75, 3.05) is 26.2 Å². The molecule has 1 atom stereocenters. The Balaban J connectivity index is 1.47. The number of fused-ring (bicyclic) bond motifs is 1. The van der Waals surface area contributed by atoms with Crippen molar-refractivity contribution in [2.24, 2.45) is 0 Å². The van der Waals surface area contributed by atoms with Crippen LogP contribution >= 0.6 is 11.6 Å². The van der Waals surface area contributed by atoms with Crippen molar-refractivity contribution in [2.45, 2.75) is 25.3 Å². The van der Waals surface area contributed by atoms with Gasteiger partial charge in [-0.1, -0.05) is 23.7 Å². The van der Waals surface area contributed by atoms with Crippen LogP contribution in [0.4, 0.5) is 0 Å². The average molecular weight is 350 g/mol. The van der Waals surface area contributed by atoms with E-state index >= 15 is 0 Å². The van der Waals surface area contributed by atoms with E-state index in [4.69, 9.17) is 11.6 Å². The van der Waals surface area contributed by atoms with Crippen LogP contribution in [-0.4, -0.2) is 59.7 Å². The van der Waals surface area contributed by atoms with Crippen LogP contribution in [0.2, 0.25) is 5.02 Å². The minimum absolute atomic E-state index is 0.0000618. The van der Waals surface area contributed by atoms with Gasteiger partial charge in [0.1, 0.15) is 19.1 Å². The summed E-state index contributed by atoms with van der Waals surface area (Å²) in [6.45, 7) is 1.07. The van der Waals surface area contributed by atoms with Gasteiger partial charge < -0.3 is 15.1 Å². The second-order valence-electron chi connectivity index (χ2n) is 6.17. The number of benzene rings is 1. The first kappa shape index (κ1) is 16.8. The summed E-state index contributed by atoms with van der Waals surface area (Å²) in [5, 5.41) is 3.48. The minimum Gasteiger partial charge on any atom is -0.354 e. The number of rotatable bonds is 5. The topological polar surface area (TPSA) is 69.7 Å². The molecule has 7 heteroatoms. The van der Waals surface area contributed by atoms with Crippen LogP contribution in [0.5, 0.6) is 0 Å². The summed E-state index contributed by atoms with van der Waals surface area (Å²) in [4.78, 5) is 39.4. The molecule has 0 aromatic heterocycles. The van der Waals surface area contributed by atoms with Crippen molar-refractivity contribution in [3.8, 4) is 0 Å². The molecule has 128 valence electrons. The monoisotopic (exact) mass is 349 g/mol. The molecule has 1 aromatic carbocycles. The third-order valence-electron chi connectivity index (χ3n) is 4.48. The maximum Gasteiger partial charge on any atom is 0.246 e. The van der Waals surface area contributed by atoms with Gasteiger partial charge in [0.2, 0.25) is 17.7 Å². The van der Waals surface area contributed by atoms with E-state index in [2.05, 4.69) is 5.32 Å². The first-order valence-electron chi connectivity index (χ1n) is 8.14. The largest absolute Gasteiger partial charge is 0.354 e. The molecule has 1 unspecified atom stereocenters. The number of carbonyl (C=O) groups excluding carboxylic acids is 3. The SMILES string of the molecule is O=C(CN1CC(=O)N2CCCC2C1=O)NCCc1ccc(Cl)cc1. The van der Waals surface area contributed by atoms with Gasteiger partial charge in [0.25, 0.3) is 0 Å². The minimum atomic E-state index is -0.367. The van der Waals surface area contributed by atoms with E-state index in [1.54, 1.807) is 4.90 Å². The van der Waals surface area contributed by atoms with Gasteiger partial charge in [0, 0.05) is 18.1 Å². The van der Waals surface area contributed by atoms with Gasteiger partial charge in [-0.15, -0.1) is 0 Å². The molecule has 1 N–H and O–H groups in total. The van der Waals surface area contributed by atoms with Gasteiger partial charge in [-0.3, -0.25) is 14.4 Å². The highest BCUT2D eigenvalue weighted by Crippen LogP contribution is 2.23. The second-order valence-corrected chi connectivity index (χ2v) is 6.60. The fourth-order valence-electron chi connectivity index (χ4n) is 3.23. The van der Waals surface area contributed by atoms with E-state index < -0.39 is 0 Å². The Morgan fingerprint density at radius 2 is 2.00 bits per heavy atom. The number of carbonyl (C=O) groups is 3. The van der Waals surface area contributed by atoms with E-state index in [0.29, 0.717) is 31.0 Å². The summed E-state index contributed by atoms with van der Waals surface area (Å²) >= 11 is 5.83. The molecule has 1 aromatic rings.